The fourth-order valence-electron chi connectivity index (χ4n) is 3.27. The number of rotatable bonds is 10. The molecule has 3 rings (SSSR count). The topological polar surface area (TPSA) is 61.8 Å². The molecule has 0 unspecified atom stereocenters. The minimum Gasteiger partial charge on any atom is -0.494 e. The Bertz CT molecular complexity index is 1190. The second kappa shape index (κ2) is 10.9. The lowest BCUT2D eigenvalue weighted by molar-refractivity contribution is -0.137. The van der Waals surface area contributed by atoms with Crippen LogP contribution in [0.2, 0.25) is 0 Å². The van der Waals surface area contributed by atoms with E-state index in [1.54, 1.807) is 13.2 Å². The van der Waals surface area contributed by atoms with Crippen LogP contribution in [0.25, 0.3) is 0 Å². The van der Waals surface area contributed by atoms with Gasteiger partial charge in [0.2, 0.25) is 9.84 Å². The summed E-state index contributed by atoms with van der Waals surface area (Å²) >= 11 is 0. The molecule has 3 aromatic rings. The molecule has 34 heavy (non-hydrogen) atoms. The van der Waals surface area contributed by atoms with Crippen LogP contribution in [-0.2, 0) is 27.2 Å². The fraction of sp³-hybridized carbons (Fsp3) is 0.280. The molecule has 0 aliphatic heterocycles. The standard InChI is InChI=1S/C25H25F3O5S/c1-3-32-22-15-18(5-4-14-31-2)16-24(17-22)34(29,30)23-12-10-21(11-13-23)33-20-8-6-19(7-9-20)25(26,27)28/h6-13,15-17H,3-5,14H2,1-2H3. The number of sulfone groups is 1. The summed E-state index contributed by atoms with van der Waals surface area (Å²) in [6.45, 7) is 2.78. The molecule has 0 spiro atoms. The van der Waals surface area contributed by atoms with Crippen molar-refractivity contribution < 1.29 is 35.8 Å². The maximum Gasteiger partial charge on any atom is 0.416 e. The van der Waals surface area contributed by atoms with E-state index in [4.69, 9.17) is 14.2 Å². The van der Waals surface area contributed by atoms with E-state index in [2.05, 4.69) is 0 Å². The van der Waals surface area contributed by atoms with Crippen molar-refractivity contribution in [3.63, 3.8) is 0 Å². The molecule has 0 aliphatic rings. The molecule has 182 valence electrons. The number of ether oxygens (including phenoxy) is 3. The molecule has 0 radical (unpaired) electrons. The normalized spacial score (nSPS) is 11.9. The van der Waals surface area contributed by atoms with Crippen LogP contribution < -0.4 is 9.47 Å². The number of benzene rings is 3. The summed E-state index contributed by atoms with van der Waals surface area (Å²) in [5.74, 6) is 0.967. The first kappa shape index (κ1) is 25.6. The highest BCUT2D eigenvalue weighted by molar-refractivity contribution is 7.91. The number of halogens is 3. The molecule has 0 heterocycles. The van der Waals surface area contributed by atoms with Gasteiger partial charge in [0.25, 0.3) is 0 Å². The Balaban J connectivity index is 1.81. The van der Waals surface area contributed by atoms with Gasteiger partial charge in [-0.1, -0.05) is 0 Å². The van der Waals surface area contributed by atoms with E-state index >= 15 is 0 Å². The second-order valence-corrected chi connectivity index (χ2v) is 9.39. The van der Waals surface area contributed by atoms with Crippen molar-refractivity contribution in [1.29, 1.82) is 0 Å². The van der Waals surface area contributed by atoms with Crippen molar-refractivity contribution in [3.8, 4) is 17.2 Å². The molecule has 0 amide bonds. The molecule has 0 bridgehead atoms. The Morgan fingerprint density at radius 2 is 1.44 bits per heavy atom. The highest BCUT2D eigenvalue weighted by Gasteiger charge is 2.30. The SMILES string of the molecule is CCOc1cc(CCCOC)cc(S(=O)(=O)c2ccc(Oc3ccc(C(F)(F)F)cc3)cc2)c1. The van der Waals surface area contributed by atoms with Gasteiger partial charge in [0.05, 0.1) is 22.0 Å². The van der Waals surface area contributed by atoms with Crippen molar-refractivity contribution in [3.05, 3.63) is 77.9 Å². The minimum absolute atomic E-state index is 0.0590. The van der Waals surface area contributed by atoms with Crippen LogP contribution in [0.4, 0.5) is 13.2 Å². The largest absolute Gasteiger partial charge is 0.494 e. The van der Waals surface area contributed by atoms with Gasteiger partial charge in [-0.05, 0) is 92.1 Å². The summed E-state index contributed by atoms with van der Waals surface area (Å²) < 4.78 is 80.8. The van der Waals surface area contributed by atoms with Crippen LogP contribution in [0.15, 0.2) is 76.5 Å². The molecule has 3 aromatic carbocycles. The quantitative estimate of drug-likeness (QED) is 0.309. The van der Waals surface area contributed by atoms with Crippen LogP contribution in [0.3, 0.4) is 0 Å². The average molecular weight is 495 g/mol. The summed E-state index contributed by atoms with van der Waals surface area (Å²) in [5, 5.41) is 0. The van der Waals surface area contributed by atoms with Gasteiger partial charge in [0.1, 0.15) is 17.2 Å². The van der Waals surface area contributed by atoms with E-state index in [-0.39, 0.29) is 15.5 Å². The van der Waals surface area contributed by atoms with Crippen molar-refractivity contribution in [2.24, 2.45) is 0 Å². The third-order valence-corrected chi connectivity index (χ3v) is 6.68. The van der Waals surface area contributed by atoms with E-state index in [0.717, 1.165) is 24.1 Å². The van der Waals surface area contributed by atoms with E-state index in [1.807, 2.05) is 13.0 Å². The lowest BCUT2D eigenvalue weighted by atomic mass is 10.1. The fourth-order valence-corrected chi connectivity index (χ4v) is 4.62. The zero-order valence-electron chi connectivity index (χ0n) is 18.8. The van der Waals surface area contributed by atoms with E-state index in [9.17, 15) is 21.6 Å². The molecule has 0 fully saturated rings. The third kappa shape index (κ3) is 6.51. The Morgan fingerprint density at radius 3 is 2.00 bits per heavy atom. The van der Waals surface area contributed by atoms with Gasteiger partial charge >= 0.3 is 6.18 Å². The summed E-state index contributed by atoms with van der Waals surface area (Å²) in [7, 11) is -2.23. The maximum absolute atomic E-state index is 13.2. The Morgan fingerprint density at radius 1 is 0.824 bits per heavy atom. The van der Waals surface area contributed by atoms with Crippen molar-refractivity contribution in [2.75, 3.05) is 20.3 Å². The number of hydrogen-bond acceptors (Lipinski definition) is 5. The van der Waals surface area contributed by atoms with Crippen LogP contribution in [-0.4, -0.2) is 28.7 Å². The van der Waals surface area contributed by atoms with Crippen LogP contribution in [0, 0.1) is 0 Å². The van der Waals surface area contributed by atoms with Gasteiger partial charge in [0, 0.05) is 13.7 Å². The van der Waals surface area contributed by atoms with Crippen molar-refractivity contribution in [2.45, 2.75) is 35.7 Å². The lowest BCUT2D eigenvalue weighted by Crippen LogP contribution is -2.05. The predicted molar refractivity (Wildman–Crippen MR) is 121 cm³/mol. The van der Waals surface area contributed by atoms with E-state index < -0.39 is 21.6 Å². The average Bonchev–Trinajstić information content (AvgIpc) is 2.79. The molecule has 9 heteroatoms. The maximum atomic E-state index is 13.2. The summed E-state index contributed by atoms with van der Waals surface area (Å²) in [5.41, 5.74) is 0.0426. The van der Waals surface area contributed by atoms with Gasteiger partial charge in [0.15, 0.2) is 0 Å². The van der Waals surface area contributed by atoms with E-state index in [1.165, 1.54) is 42.5 Å². The Labute approximate surface area is 197 Å². The van der Waals surface area contributed by atoms with Gasteiger partial charge in [-0.3, -0.25) is 0 Å². The zero-order valence-corrected chi connectivity index (χ0v) is 19.6. The van der Waals surface area contributed by atoms with E-state index in [0.29, 0.717) is 31.1 Å². The van der Waals surface area contributed by atoms with Crippen LogP contribution in [0.1, 0.15) is 24.5 Å². The molecule has 0 N–H and O–H groups in total. The number of aryl methyl sites for hydroxylation is 1. The van der Waals surface area contributed by atoms with Crippen molar-refractivity contribution in [1.82, 2.24) is 0 Å². The van der Waals surface area contributed by atoms with Gasteiger partial charge in [-0.2, -0.15) is 13.2 Å². The van der Waals surface area contributed by atoms with Gasteiger partial charge in [-0.25, -0.2) is 8.42 Å². The molecule has 0 saturated heterocycles. The molecule has 0 atom stereocenters. The highest BCUT2D eigenvalue weighted by atomic mass is 32.2. The van der Waals surface area contributed by atoms with Crippen LogP contribution >= 0.6 is 0 Å². The highest BCUT2D eigenvalue weighted by Crippen LogP contribution is 2.32. The first-order valence-electron chi connectivity index (χ1n) is 10.6. The summed E-state index contributed by atoms with van der Waals surface area (Å²) in [6, 6.07) is 14.9. The van der Waals surface area contributed by atoms with Gasteiger partial charge < -0.3 is 14.2 Å². The molecule has 0 saturated carbocycles. The van der Waals surface area contributed by atoms with Crippen LogP contribution in [0.5, 0.6) is 17.2 Å². The smallest absolute Gasteiger partial charge is 0.416 e. The third-order valence-electron chi connectivity index (χ3n) is 4.93. The number of hydrogen-bond donors (Lipinski definition) is 0. The number of alkyl halides is 3. The minimum atomic E-state index is -4.43. The van der Waals surface area contributed by atoms with Crippen molar-refractivity contribution >= 4 is 9.84 Å². The Kier molecular flexibility index (Phi) is 8.22. The first-order chi connectivity index (χ1) is 16.1. The summed E-state index contributed by atoms with van der Waals surface area (Å²) in [6.07, 6.45) is -3.06. The number of methoxy groups -OCH3 is 1. The monoisotopic (exact) mass is 494 g/mol. The molecule has 0 aliphatic carbocycles. The lowest BCUT2D eigenvalue weighted by Gasteiger charge is -2.12. The molecular weight excluding hydrogens is 469 g/mol. The zero-order chi connectivity index (χ0) is 24.8. The molecule has 5 nitrogen and oxygen atoms in total. The predicted octanol–water partition coefficient (Wildman–Crippen LogP) is 6.31. The second-order valence-electron chi connectivity index (χ2n) is 7.44. The molecular formula is C25H25F3O5S. The van der Waals surface area contributed by atoms with Gasteiger partial charge in [-0.15, -0.1) is 0 Å². The summed E-state index contributed by atoms with van der Waals surface area (Å²) in [4.78, 5) is 0.172. The molecule has 0 aromatic heterocycles. The first-order valence-corrected chi connectivity index (χ1v) is 12.1. The Hall–Kier alpha value is -3.04.